The predicted octanol–water partition coefficient (Wildman–Crippen LogP) is 2.23. The molecular weight excluding hydrogens is 354 g/mol. The first-order valence-corrected chi connectivity index (χ1v) is 9.49. The van der Waals surface area contributed by atoms with E-state index in [1.54, 1.807) is 19.4 Å². The highest BCUT2D eigenvalue weighted by atomic mass is 16.5. The molecule has 0 unspecified atom stereocenters. The summed E-state index contributed by atoms with van der Waals surface area (Å²) < 4.78 is 5.94. The third-order valence-electron chi connectivity index (χ3n) is 5.20. The summed E-state index contributed by atoms with van der Waals surface area (Å²) in [7, 11) is 1.72. The number of amides is 1. The summed E-state index contributed by atoms with van der Waals surface area (Å²) in [4.78, 5) is 19.1. The van der Waals surface area contributed by atoms with Crippen molar-refractivity contribution in [2.24, 2.45) is 11.6 Å². The lowest BCUT2D eigenvalue weighted by molar-refractivity contribution is 0.0750. The molecule has 0 bridgehead atoms. The Bertz CT molecular complexity index is 904. The van der Waals surface area contributed by atoms with Crippen LogP contribution in [0.4, 0.5) is 0 Å². The Hall–Kier alpha value is -3.06. The second kappa shape index (κ2) is 7.52. The zero-order valence-electron chi connectivity index (χ0n) is 16.0. The van der Waals surface area contributed by atoms with Crippen molar-refractivity contribution in [1.29, 1.82) is 0 Å². The highest BCUT2D eigenvalue weighted by Crippen LogP contribution is 2.33. The summed E-state index contributed by atoms with van der Waals surface area (Å²) in [6.07, 6.45) is 6.82. The molecule has 1 aromatic carbocycles. The van der Waals surface area contributed by atoms with E-state index >= 15 is 0 Å². The number of hydrogen-bond donors (Lipinski definition) is 2. The number of benzene rings is 1. The van der Waals surface area contributed by atoms with Crippen LogP contribution in [0, 0.1) is 0 Å². The molecule has 1 amide bonds. The van der Waals surface area contributed by atoms with E-state index in [2.05, 4.69) is 4.98 Å². The molecule has 2 aliphatic rings. The van der Waals surface area contributed by atoms with Crippen molar-refractivity contribution in [1.82, 2.24) is 14.9 Å². The smallest absolute Gasteiger partial charge is 0.260 e. The maximum Gasteiger partial charge on any atom is 0.260 e. The molecule has 1 fully saturated rings. The van der Waals surface area contributed by atoms with Gasteiger partial charge in [0.15, 0.2) is 0 Å². The number of aromatic nitrogens is 1. The van der Waals surface area contributed by atoms with Gasteiger partial charge in [-0.15, -0.1) is 0 Å². The van der Waals surface area contributed by atoms with Crippen LogP contribution in [0.1, 0.15) is 46.3 Å². The first-order valence-electron chi connectivity index (χ1n) is 9.49. The van der Waals surface area contributed by atoms with Crippen LogP contribution in [0.15, 0.2) is 42.7 Å². The minimum atomic E-state index is -0.0225. The Morgan fingerprint density at radius 1 is 1.32 bits per heavy atom. The Morgan fingerprint density at radius 3 is 2.71 bits per heavy atom. The average Bonchev–Trinajstić information content (AvgIpc) is 2.95. The van der Waals surface area contributed by atoms with Gasteiger partial charge in [0.05, 0.1) is 5.70 Å². The molecule has 0 saturated heterocycles. The van der Waals surface area contributed by atoms with Crippen LogP contribution in [0.25, 0.3) is 5.70 Å². The molecule has 7 nitrogen and oxygen atoms in total. The van der Waals surface area contributed by atoms with Crippen molar-refractivity contribution in [3.63, 3.8) is 0 Å². The molecule has 4 rings (SSSR count). The molecule has 1 aliphatic heterocycles. The first kappa shape index (κ1) is 18.3. The summed E-state index contributed by atoms with van der Waals surface area (Å²) in [6.45, 7) is 1.09. The number of hydrogen-bond acceptors (Lipinski definition) is 6. The molecular formula is C21H25N5O2. The monoisotopic (exact) mass is 379 g/mol. The zero-order valence-corrected chi connectivity index (χ0v) is 16.0. The Balaban J connectivity index is 1.47. The standard InChI is InChI=1S/C21H25N5O2/c1-25(23)13-18(22)15-7-5-14(6-8-15)11-26-12-16-9-10-24-20(19(16)21(26)27)28-17-3-2-4-17/h5-10,13,17H,2-4,11-12,22-23H2,1H3/b18-13-. The average molecular weight is 379 g/mol. The van der Waals surface area contributed by atoms with Crippen molar-refractivity contribution in [2.75, 3.05) is 7.05 Å². The maximum absolute atomic E-state index is 13.0. The van der Waals surface area contributed by atoms with Crippen molar-refractivity contribution >= 4 is 11.6 Å². The maximum atomic E-state index is 13.0. The van der Waals surface area contributed by atoms with Crippen molar-refractivity contribution in [3.8, 4) is 5.88 Å². The number of carbonyl (C=O) groups excluding carboxylic acids is 1. The summed E-state index contributed by atoms with van der Waals surface area (Å²) in [5.74, 6) is 6.06. The minimum Gasteiger partial charge on any atom is -0.474 e. The van der Waals surface area contributed by atoms with E-state index in [0.29, 0.717) is 30.2 Å². The molecule has 7 heteroatoms. The topological polar surface area (TPSA) is 97.7 Å². The van der Waals surface area contributed by atoms with Crippen LogP contribution in [0.2, 0.25) is 0 Å². The van der Waals surface area contributed by atoms with Gasteiger partial charge in [-0.1, -0.05) is 24.3 Å². The van der Waals surface area contributed by atoms with Gasteiger partial charge in [0.25, 0.3) is 5.91 Å². The van der Waals surface area contributed by atoms with E-state index in [-0.39, 0.29) is 12.0 Å². The van der Waals surface area contributed by atoms with Crippen molar-refractivity contribution in [3.05, 3.63) is 65.0 Å². The molecule has 2 aromatic rings. The van der Waals surface area contributed by atoms with E-state index in [9.17, 15) is 4.79 Å². The third kappa shape index (κ3) is 3.66. The number of rotatable bonds is 6. The van der Waals surface area contributed by atoms with Gasteiger partial charge in [0.2, 0.25) is 5.88 Å². The van der Waals surface area contributed by atoms with Crippen LogP contribution in [-0.2, 0) is 13.1 Å². The number of carbonyl (C=O) groups is 1. The highest BCUT2D eigenvalue weighted by molar-refractivity contribution is 6.00. The summed E-state index contributed by atoms with van der Waals surface area (Å²) >= 11 is 0. The predicted molar refractivity (Wildman–Crippen MR) is 107 cm³/mol. The second-order valence-corrected chi connectivity index (χ2v) is 7.43. The molecule has 2 heterocycles. The van der Waals surface area contributed by atoms with Crippen molar-refractivity contribution < 1.29 is 9.53 Å². The summed E-state index contributed by atoms with van der Waals surface area (Å²) in [5.41, 5.74) is 10.1. The van der Waals surface area contributed by atoms with E-state index in [4.69, 9.17) is 16.3 Å². The first-order chi connectivity index (χ1) is 13.5. The van der Waals surface area contributed by atoms with Gasteiger partial charge in [-0.3, -0.25) is 4.79 Å². The molecule has 0 radical (unpaired) electrons. The molecule has 4 N–H and O–H groups in total. The van der Waals surface area contributed by atoms with Gasteiger partial charge >= 0.3 is 0 Å². The number of ether oxygens (including phenoxy) is 1. The molecule has 1 saturated carbocycles. The van der Waals surface area contributed by atoms with Crippen LogP contribution in [0.5, 0.6) is 5.88 Å². The minimum absolute atomic E-state index is 0.0225. The van der Waals surface area contributed by atoms with Crippen LogP contribution < -0.4 is 16.3 Å². The molecule has 146 valence electrons. The number of hydrazine groups is 1. The second-order valence-electron chi connectivity index (χ2n) is 7.43. The van der Waals surface area contributed by atoms with E-state index < -0.39 is 0 Å². The fraction of sp³-hybridized carbons (Fsp3) is 0.333. The van der Waals surface area contributed by atoms with Crippen molar-refractivity contribution in [2.45, 2.75) is 38.5 Å². The summed E-state index contributed by atoms with van der Waals surface area (Å²) in [6, 6.07) is 9.73. The van der Waals surface area contributed by atoms with Gasteiger partial charge in [-0.25, -0.2) is 10.8 Å². The number of pyridine rings is 1. The van der Waals surface area contributed by atoms with Gasteiger partial charge in [0, 0.05) is 32.5 Å². The quantitative estimate of drug-likeness (QED) is 0.590. The largest absolute Gasteiger partial charge is 0.474 e. The molecule has 1 aliphatic carbocycles. The van der Waals surface area contributed by atoms with Crippen LogP contribution in [0.3, 0.4) is 0 Å². The number of fused-ring (bicyclic) bond motifs is 1. The molecule has 1 aromatic heterocycles. The Kier molecular flexibility index (Phi) is 4.92. The molecule has 0 atom stereocenters. The van der Waals surface area contributed by atoms with Crippen LogP contribution >= 0.6 is 0 Å². The SMILES string of the molecule is CN(N)/C=C(\N)c1ccc(CN2Cc3ccnc(OC4CCC4)c3C2=O)cc1. The fourth-order valence-corrected chi connectivity index (χ4v) is 3.46. The normalized spacial score (nSPS) is 16.7. The number of nitrogens with two attached hydrogens (primary N) is 2. The zero-order chi connectivity index (χ0) is 19.7. The highest BCUT2D eigenvalue weighted by Gasteiger charge is 2.33. The lowest BCUT2D eigenvalue weighted by Crippen LogP contribution is -2.27. The van der Waals surface area contributed by atoms with E-state index in [1.807, 2.05) is 35.2 Å². The third-order valence-corrected chi connectivity index (χ3v) is 5.20. The van der Waals surface area contributed by atoms with Gasteiger partial charge in [-0.05, 0) is 42.0 Å². The lowest BCUT2D eigenvalue weighted by Gasteiger charge is -2.26. The van der Waals surface area contributed by atoms with E-state index in [1.165, 1.54) is 11.4 Å². The lowest BCUT2D eigenvalue weighted by atomic mass is 9.96. The van der Waals surface area contributed by atoms with Gasteiger partial charge < -0.3 is 20.4 Å². The van der Waals surface area contributed by atoms with Crippen LogP contribution in [-0.4, -0.2) is 34.0 Å². The Morgan fingerprint density at radius 2 is 2.07 bits per heavy atom. The molecule has 28 heavy (non-hydrogen) atoms. The van der Waals surface area contributed by atoms with Gasteiger partial charge in [-0.2, -0.15) is 0 Å². The molecule has 0 spiro atoms. The Labute approximate surface area is 164 Å². The van der Waals surface area contributed by atoms with Gasteiger partial charge in [0.1, 0.15) is 11.7 Å². The van der Waals surface area contributed by atoms with E-state index in [0.717, 1.165) is 29.5 Å². The fourth-order valence-electron chi connectivity index (χ4n) is 3.46. The number of nitrogens with zero attached hydrogens (tertiary/aromatic N) is 3. The summed E-state index contributed by atoms with van der Waals surface area (Å²) in [5, 5.41) is 1.42.